The number of carbonyl (C=O) groups is 1. The highest BCUT2D eigenvalue weighted by Crippen LogP contribution is 2.25. The van der Waals surface area contributed by atoms with Gasteiger partial charge in [-0.05, 0) is 67.3 Å². The number of nitrogens with zero attached hydrogens (tertiary/aromatic N) is 3. The van der Waals surface area contributed by atoms with E-state index in [1.807, 2.05) is 6.92 Å². The Kier molecular flexibility index (Phi) is 6.24. The lowest BCUT2D eigenvalue weighted by atomic mass is 10.0. The monoisotopic (exact) mass is 456 g/mol. The summed E-state index contributed by atoms with van der Waals surface area (Å²) in [6.07, 6.45) is 1.88. The predicted octanol–water partition coefficient (Wildman–Crippen LogP) is 3.42. The van der Waals surface area contributed by atoms with Crippen LogP contribution in [0.1, 0.15) is 30.1 Å². The summed E-state index contributed by atoms with van der Waals surface area (Å²) in [5.74, 6) is 0.800. The van der Waals surface area contributed by atoms with Gasteiger partial charge in [0.15, 0.2) is 0 Å². The summed E-state index contributed by atoms with van der Waals surface area (Å²) in [6, 6.07) is 12.8. The molecule has 10 heteroatoms. The van der Waals surface area contributed by atoms with Crippen LogP contribution in [0.4, 0.5) is 6.01 Å². The molecular weight excluding hydrogens is 432 g/mol. The van der Waals surface area contributed by atoms with Crippen molar-refractivity contribution in [1.29, 1.82) is 0 Å². The third-order valence-electron chi connectivity index (χ3n) is 5.36. The van der Waals surface area contributed by atoms with Crippen LogP contribution in [0.5, 0.6) is 5.75 Å². The van der Waals surface area contributed by atoms with Crippen molar-refractivity contribution in [3.8, 4) is 17.2 Å². The van der Waals surface area contributed by atoms with Gasteiger partial charge in [0, 0.05) is 24.2 Å². The molecule has 9 nitrogen and oxygen atoms in total. The zero-order chi connectivity index (χ0) is 22.7. The standard InChI is InChI=1S/C22H24N4O5S/c1-15-4-3-13-26(14-15)32(28,29)19-11-7-16(8-12-19)20(27)23-22-25-24-21(31-22)17-5-9-18(30-2)10-6-17/h5-12,15H,3-4,13-14H2,1-2H3,(H,23,25,27). The van der Waals surface area contributed by atoms with E-state index in [9.17, 15) is 13.2 Å². The maximum absolute atomic E-state index is 12.9. The van der Waals surface area contributed by atoms with Crippen LogP contribution in [0.3, 0.4) is 0 Å². The first kappa shape index (κ1) is 22.0. The van der Waals surface area contributed by atoms with Crippen LogP contribution in [0.15, 0.2) is 57.8 Å². The topological polar surface area (TPSA) is 115 Å². The van der Waals surface area contributed by atoms with Crippen molar-refractivity contribution < 1.29 is 22.4 Å². The fraction of sp³-hybridized carbons (Fsp3) is 0.318. The third-order valence-corrected chi connectivity index (χ3v) is 7.24. The fourth-order valence-corrected chi connectivity index (χ4v) is 5.18. The number of aromatic nitrogens is 2. The number of benzene rings is 2. The van der Waals surface area contributed by atoms with Crippen molar-refractivity contribution in [2.75, 3.05) is 25.5 Å². The van der Waals surface area contributed by atoms with Gasteiger partial charge in [-0.3, -0.25) is 10.1 Å². The largest absolute Gasteiger partial charge is 0.497 e. The molecule has 3 aromatic rings. The van der Waals surface area contributed by atoms with Crippen LogP contribution in [0.2, 0.25) is 0 Å². The van der Waals surface area contributed by atoms with Gasteiger partial charge in [0.1, 0.15) is 5.75 Å². The molecule has 0 spiro atoms. The Labute approximate surface area is 186 Å². The maximum Gasteiger partial charge on any atom is 0.322 e. The van der Waals surface area contributed by atoms with E-state index in [0.717, 1.165) is 12.8 Å². The van der Waals surface area contributed by atoms with E-state index in [1.165, 1.54) is 28.6 Å². The normalized spacial score (nSPS) is 17.1. The van der Waals surface area contributed by atoms with E-state index in [0.29, 0.717) is 30.3 Å². The van der Waals surface area contributed by atoms with E-state index in [4.69, 9.17) is 9.15 Å². The van der Waals surface area contributed by atoms with Crippen molar-refractivity contribution >= 4 is 21.9 Å². The van der Waals surface area contributed by atoms with Crippen LogP contribution in [0, 0.1) is 5.92 Å². The Morgan fingerprint density at radius 2 is 1.84 bits per heavy atom. The van der Waals surface area contributed by atoms with Gasteiger partial charge in [0.25, 0.3) is 5.91 Å². The number of ether oxygens (including phenoxy) is 1. The summed E-state index contributed by atoms with van der Waals surface area (Å²) in [5.41, 5.74) is 0.959. The first-order valence-electron chi connectivity index (χ1n) is 10.3. The van der Waals surface area contributed by atoms with Crippen LogP contribution >= 0.6 is 0 Å². The smallest absolute Gasteiger partial charge is 0.322 e. The molecule has 1 fully saturated rings. The third kappa shape index (κ3) is 4.66. The van der Waals surface area contributed by atoms with Gasteiger partial charge in [0.2, 0.25) is 15.9 Å². The van der Waals surface area contributed by atoms with Gasteiger partial charge in [-0.1, -0.05) is 12.0 Å². The number of amides is 1. The zero-order valence-electron chi connectivity index (χ0n) is 17.8. The average Bonchev–Trinajstić information content (AvgIpc) is 3.27. The molecule has 1 N–H and O–H groups in total. The van der Waals surface area contributed by atoms with E-state index >= 15 is 0 Å². The number of nitrogens with one attached hydrogen (secondary N) is 1. The molecule has 1 unspecified atom stereocenters. The minimum Gasteiger partial charge on any atom is -0.497 e. The van der Waals surface area contributed by atoms with Gasteiger partial charge in [-0.15, -0.1) is 5.10 Å². The number of carbonyl (C=O) groups excluding carboxylic acids is 1. The second-order valence-corrected chi connectivity index (χ2v) is 9.67. The van der Waals surface area contributed by atoms with Crippen molar-refractivity contribution in [2.24, 2.45) is 5.92 Å². The molecule has 1 atom stereocenters. The number of methoxy groups -OCH3 is 1. The Morgan fingerprint density at radius 3 is 2.50 bits per heavy atom. The fourth-order valence-electron chi connectivity index (χ4n) is 3.59. The lowest BCUT2D eigenvalue weighted by Crippen LogP contribution is -2.39. The molecule has 2 aromatic carbocycles. The SMILES string of the molecule is COc1ccc(-c2nnc(NC(=O)c3ccc(S(=O)(=O)N4CCCC(C)C4)cc3)o2)cc1. The van der Waals surface area contributed by atoms with Gasteiger partial charge < -0.3 is 9.15 Å². The summed E-state index contributed by atoms with van der Waals surface area (Å²) in [6.45, 7) is 3.08. The number of sulfonamides is 1. The minimum absolute atomic E-state index is 0.0557. The van der Waals surface area contributed by atoms with Crippen LogP contribution in [0.25, 0.3) is 11.5 Å². The summed E-state index contributed by atoms with van der Waals surface area (Å²) >= 11 is 0. The lowest BCUT2D eigenvalue weighted by molar-refractivity contribution is 0.102. The predicted molar refractivity (Wildman–Crippen MR) is 118 cm³/mol. The minimum atomic E-state index is -3.58. The Bertz CT molecular complexity index is 1190. The molecule has 1 aliphatic rings. The molecule has 0 aliphatic carbocycles. The number of hydrogen-bond acceptors (Lipinski definition) is 7. The first-order valence-corrected chi connectivity index (χ1v) is 11.7. The molecule has 1 saturated heterocycles. The van der Waals surface area contributed by atoms with E-state index in [1.54, 1.807) is 31.4 Å². The van der Waals surface area contributed by atoms with E-state index in [-0.39, 0.29) is 22.4 Å². The maximum atomic E-state index is 12.9. The molecule has 1 aliphatic heterocycles. The van der Waals surface area contributed by atoms with Crippen molar-refractivity contribution in [3.05, 3.63) is 54.1 Å². The van der Waals surface area contributed by atoms with Crippen molar-refractivity contribution in [3.63, 3.8) is 0 Å². The molecule has 1 aromatic heterocycles. The van der Waals surface area contributed by atoms with Gasteiger partial charge in [-0.25, -0.2) is 8.42 Å². The second-order valence-electron chi connectivity index (χ2n) is 7.73. The summed E-state index contributed by atoms with van der Waals surface area (Å²) in [5, 5.41) is 10.3. The van der Waals surface area contributed by atoms with Gasteiger partial charge in [0.05, 0.1) is 12.0 Å². The first-order chi connectivity index (χ1) is 15.4. The lowest BCUT2D eigenvalue weighted by Gasteiger charge is -2.30. The highest BCUT2D eigenvalue weighted by atomic mass is 32.2. The highest BCUT2D eigenvalue weighted by Gasteiger charge is 2.28. The van der Waals surface area contributed by atoms with Gasteiger partial charge >= 0.3 is 6.01 Å². The molecule has 1 amide bonds. The molecule has 0 radical (unpaired) electrons. The van der Waals surface area contributed by atoms with Crippen LogP contribution in [-0.2, 0) is 10.0 Å². The summed E-state index contributed by atoms with van der Waals surface area (Å²) in [4.78, 5) is 12.7. The van der Waals surface area contributed by atoms with Gasteiger partial charge in [-0.2, -0.15) is 4.31 Å². The summed E-state index contributed by atoms with van der Waals surface area (Å²) < 4.78 is 37.9. The van der Waals surface area contributed by atoms with Crippen LogP contribution in [-0.4, -0.2) is 49.0 Å². The molecule has 32 heavy (non-hydrogen) atoms. The average molecular weight is 457 g/mol. The number of hydrogen-bond donors (Lipinski definition) is 1. The number of rotatable bonds is 6. The number of piperidine rings is 1. The second kappa shape index (κ2) is 9.09. The zero-order valence-corrected chi connectivity index (χ0v) is 18.6. The van der Waals surface area contributed by atoms with E-state index in [2.05, 4.69) is 15.5 Å². The van der Waals surface area contributed by atoms with E-state index < -0.39 is 15.9 Å². The molecule has 0 bridgehead atoms. The Morgan fingerprint density at radius 1 is 1.12 bits per heavy atom. The number of anilines is 1. The van der Waals surface area contributed by atoms with Crippen LogP contribution < -0.4 is 10.1 Å². The molecular formula is C22H24N4O5S. The Hall–Kier alpha value is -3.24. The molecule has 4 rings (SSSR count). The van der Waals surface area contributed by atoms with Crippen molar-refractivity contribution in [2.45, 2.75) is 24.7 Å². The summed E-state index contributed by atoms with van der Waals surface area (Å²) in [7, 11) is -2.00. The quantitative estimate of drug-likeness (QED) is 0.604. The molecule has 168 valence electrons. The van der Waals surface area contributed by atoms with Crippen molar-refractivity contribution in [1.82, 2.24) is 14.5 Å². The molecule has 0 saturated carbocycles. The Balaban J connectivity index is 1.43. The molecule has 2 heterocycles. The highest BCUT2D eigenvalue weighted by molar-refractivity contribution is 7.89.